The van der Waals surface area contributed by atoms with Crippen LogP contribution in [0.1, 0.15) is 0 Å². The summed E-state index contributed by atoms with van der Waals surface area (Å²) in [4.78, 5) is 15.8. The van der Waals surface area contributed by atoms with E-state index in [0.29, 0.717) is 17.5 Å². The Labute approximate surface area is 354 Å². The van der Waals surface area contributed by atoms with Crippen LogP contribution in [0, 0.1) is 0 Å². The molecule has 2 aromatic heterocycles. The largest absolute Gasteiger partial charge is 0.308 e. The fourth-order valence-corrected chi connectivity index (χ4v) is 8.42. The van der Waals surface area contributed by atoms with Crippen molar-refractivity contribution in [3.63, 3.8) is 0 Å². The van der Waals surface area contributed by atoms with Gasteiger partial charge in [0.05, 0.1) is 16.7 Å². The molecule has 0 saturated carbocycles. The maximum absolute atomic E-state index is 5.32. The summed E-state index contributed by atoms with van der Waals surface area (Å²) in [6, 6.07) is 81.2. The van der Waals surface area contributed by atoms with E-state index in [2.05, 4.69) is 223 Å². The number of rotatable bonds is 8. The molecule has 9 aromatic carbocycles. The van der Waals surface area contributed by atoms with E-state index in [1.165, 1.54) is 21.9 Å². The zero-order chi connectivity index (χ0) is 40.5. The third-order valence-corrected chi connectivity index (χ3v) is 11.5. The predicted octanol–water partition coefficient (Wildman–Crippen LogP) is 14.6. The van der Waals surface area contributed by atoms with Crippen molar-refractivity contribution in [1.82, 2.24) is 19.5 Å². The monoisotopic (exact) mass is 778 g/mol. The normalized spacial score (nSPS) is 11.3. The van der Waals surface area contributed by atoms with Gasteiger partial charge < -0.3 is 4.57 Å². The van der Waals surface area contributed by atoms with Crippen molar-refractivity contribution in [2.75, 3.05) is 0 Å². The van der Waals surface area contributed by atoms with Crippen LogP contribution < -0.4 is 0 Å². The number of hydrogen-bond donors (Lipinski definition) is 0. The minimum absolute atomic E-state index is 0.598. The summed E-state index contributed by atoms with van der Waals surface area (Å²) in [7, 11) is 0. The molecule has 0 radical (unpaired) electrons. The molecule has 61 heavy (non-hydrogen) atoms. The highest BCUT2D eigenvalue weighted by Gasteiger charge is 2.20. The van der Waals surface area contributed by atoms with Gasteiger partial charge in [0.25, 0.3) is 0 Å². The molecule has 0 aliphatic carbocycles. The molecule has 0 aliphatic rings. The van der Waals surface area contributed by atoms with E-state index in [9.17, 15) is 0 Å². The Morgan fingerprint density at radius 1 is 0.246 bits per heavy atom. The van der Waals surface area contributed by atoms with Crippen molar-refractivity contribution in [1.29, 1.82) is 0 Å². The Bertz CT molecular complexity index is 3160. The molecule has 0 saturated heterocycles. The number of para-hydroxylation sites is 2. The summed E-state index contributed by atoms with van der Waals surface area (Å²) >= 11 is 0. The highest BCUT2D eigenvalue weighted by molar-refractivity contribution is 6.09. The number of benzene rings is 9. The molecular formula is C57H38N4. The van der Waals surface area contributed by atoms with Gasteiger partial charge in [0.2, 0.25) is 0 Å². The van der Waals surface area contributed by atoms with Gasteiger partial charge in [0.15, 0.2) is 17.5 Å². The Hall–Kier alpha value is -8.21. The molecular weight excluding hydrogens is 741 g/mol. The van der Waals surface area contributed by atoms with Crippen LogP contribution in [0.15, 0.2) is 231 Å². The summed E-state index contributed by atoms with van der Waals surface area (Å²) in [6.45, 7) is 0. The first kappa shape index (κ1) is 35.9. The van der Waals surface area contributed by atoms with E-state index in [-0.39, 0.29) is 0 Å². The molecule has 11 aromatic rings. The summed E-state index contributed by atoms with van der Waals surface area (Å²) in [5.41, 5.74) is 15.1. The van der Waals surface area contributed by atoms with Gasteiger partial charge in [0, 0.05) is 27.5 Å². The lowest BCUT2D eigenvalue weighted by atomic mass is 9.97. The van der Waals surface area contributed by atoms with Gasteiger partial charge in [-0.15, -0.1) is 0 Å². The predicted molar refractivity (Wildman–Crippen MR) is 252 cm³/mol. The van der Waals surface area contributed by atoms with Crippen molar-refractivity contribution < 1.29 is 0 Å². The fraction of sp³-hybridized carbons (Fsp3) is 0. The Kier molecular flexibility index (Phi) is 9.14. The van der Waals surface area contributed by atoms with Crippen LogP contribution >= 0.6 is 0 Å². The highest BCUT2D eigenvalue weighted by Crippen LogP contribution is 2.39. The molecule has 11 rings (SSSR count). The summed E-state index contributed by atoms with van der Waals surface area (Å²) in [5, 5.41) is 2.38. The minimum Gasteiger partial charge on any atom is -0.308 e. The van der Waals surface area contributed by atoms with Gasteiger partial charge in [-0.05, 0) is 74.8 Å². The van der Waals surface area contributed by atoms with E-state index >= 15 is 0 Å². The van der Waals surface area contributed by atoms with Gasteiger partial charge in [0.1, 0.15) is 0 Å². The summed E-state index contributed by atoms with van der Waals surface area (Å²) in [5.74, 6) is 1.82. The highest BCUT2D eigenvalue weighted by atomic mass is 15.1. The van der Waals surface area contributed by atoms with Crippen LogP contribution in [0.3, 0.4) is 0 Å². The third kappa shape index (κ3) is 6.86. The number of fused-ring (bicyclic) bond motifs is 3. The molecule has 0 amide bonds. The molecule has 0 spiro atoms. The molecule has 0 aliphatic heterocycles. The lowest BCUT2D eigenvalue weighted by molar-refractivity contribution is 1.06. The summed E-state index contributed by atoms with van der Waals surface area (Å²) in [6.07, 6.45) is 0. The Morgan fingerprint density at radius 2 is 0.590 bits per heavy atom. The van der Waals surface area contributed by atoms with Crippen molar-refractivity contribution in [3.8, 4) is 84.4 Å². The van der Waals surface area contributed by atoms with Crippen LogP contribution in [-0.4, -0.2) is 19.5 Å². The van der Waals surface area contributed by atoms with Crippen molar-refractivity contribution >= 4 is 21.8 Å². The van der Waals surface area contributed by atoms with Gasteiger partial charge in [-0.3, -0.25) is 0 Å². The van der Waals surface area contributed by atoms with E-state index in [0.717, 1.165) is 66.8 Å². The zero-order valence-electron chi connectivity index (χ0n) is 33.2. The van der Waals surface area contributed by atoms with Crippen LogP contribution in [0.25, 0.3) is 106 Å². The first-order valence-electron chi connectivity index (χ1n) is 20.6. The molecule has 4 heteroatoms. The maximum atomic E-state index is 5.32. The maximum Gasteiger partial charge on any atom is 0.166 e. The van der Waals surface area contributed by atoms with Crippen LogP contribution in [0.2, 0.25) is 0 Å². The number of nitrogens with zero attached hydrogens (tertiary/aromatic N) is 4. The van der Waals surface area contributed by atoms with Crippen LogP contribution in [-0.2, 0) is 0 Å². The van der Waals surface area contributed by atoms with Crippen LogP contribution in [0.5, 0.6) is 0 Å². The molecule has 0 N–H and O–H groups in total. The van der Waals surface area contributed by atoms with Crippen molar-refractivity contribution in [2.45, 2.75) is 0 Å². The van der Waals surface area contributed by atoms with E-state index in [4.69, 9.17) is 15.0 Å². The molecule has 286 valence electrons. The Morgan fingerprint density at radius 3 is 1.10 bits per heavy atom. The number of hydrogen-bond acceptors (Lipinski definition) is 3. The third-order valence-electron chi connectivity index (χ3n) is 11.5. The molecule has 4 nitrogen and oxygen atoms in total. The number of aromatic nitrogens is 4. The standard InChI is InChI=1S/C57H38N4/c1-4-15-39(16-5-1)42-27-31-44(32-28-42)55-58-56(45-33-29-43(30-34-45)40-17-6-2-7-18-40)60-57(59-55)51-36-35-48(47-22-14-21-46(37-47)41-19-8-3-9-20-41)38-54(51)61-52-25-12-10-23-49(52)50-24-11-13-26-53(50)61/h1-38H. The molecule has 0 bridgehead atoms. The Balaban J connectivity index is 1.13. The second-order valence-electron chi connectivity index (χ2n) is 15.2. The SMILES string of the molecule is c1ccc(-c2ccc(-c3nc(-c4ccc(-c5ccccc5)cc4)nc(-c4ccc(-c5cccc(-c6ccccc6)c5)cc4-n4c5ccccc5c5ccccc54)n3)cc2)cc1. The minimum atomic E-state index is 0.598. The second-order valence-corrected chi connectivity index (χ2v) is 15.2. The second kappa shape index (κ2) is 15.5. The van der Waals surface area contributed by atoms with Gasteiger partial charge >= 0.3 is 0 Å². The van der Waals surface area contributed by atoms with Gasteiger partial charge in [-0.25, -0.2) is 15.0 Å². The smallest absolute Gasteiger partial charge is 0.166 e. The van der Waals surface area contributed by atoms with Crippen LogP contribution in [0.4, 0.5) is 0 Å². The fourth-order valence-electron chi connectivity index (χ4n) is 8.42. The quantitative estimate of drug-likeness (QED) is 0.154. The molecule has 0 atom stereocenters. The molecule has 2 heterocycles. The topological polar surface area (TPSA) is 43.6 Å². The first-order chi connectivity index (χ1) is 30.2. The van der Waals surface area contributed by atoms with E-state index in [1.54, 1.807) is 0 Å². The molecule has 0 fully saturated rings. The molecule has 0 unspecified atom stereocenters. The van der Waals surface area contributed by atoms with E-state index in [1.807, 2.05) is 12.1 Å². The summed E-state index contributed by atoms with van der Waals surface area (Å²) < 4.78 is 2.37. The van der Waals surface area contributed by atoms with Gasteiger partial charge in [-0.1, -0.05) is 200 Å². The van der Waals surface area contributed by atoms with Crippen molar-refractivity contribution in [2.24, 2.45) is 0 Å². The van der Waals surface area contributed by atoms with Crippen molar-refractivity contribution in [3.05, 3.63) is 231 Å². The van der Waals surface area contributed by atoms with E-state index < -0.39 is 0 Å². The lowest BCUT2D eigenvalue weighted by Gasteiger charge is -2.17. The van der Waals surface area contributed by atoms with Gasteiger partial charge in [-0.2, -0.15) is 0 Å². The lowest BCUT2D eigenvalue weighted by Crippen LogP contribution is -2.04. The zero-order valence-corrected chi connectivity index (χ0v) is 33.2. The average molecular weight is 779 g/mol. The average Bonchev–Trinajstić information content (AvgIpc) is 3.69. The first-order valence-corrected chi connectivity index (χ1v) is 20.6.